The third-order valence-corrected chi connectivity index (χ3v) is 3.19. The summed E-state index contributed by atoms with van der Waals surface area (Å²) < 4.78 is 37.8. The summed E-state index contributed by atoms with van der Waals surface area (Å²) >= 11 is 3.11. The van der Waals surface area contributed by atoms with Crippen molar-refractivity contribution in [2.75, 3.05) is 0 Å². The Labute approximate surface area is 118 Å². The molecule has 19 heavy (non-hydrogen) atoms. The molecule has 106 valence electrons. The van der Waals surface area contributed by atoms with E-state index in [1.807, 2.05) is 13.8 Å². The summed E-state index contributed by atoms with van der Waals surface area (Å²) in [5.41, 5.74) is -0.0123. The Kier molecular flexibility index (Phi) is 5.40. The maximum absolute atomic E-state index is 12.5. The van der Waals surface area contributed by atoms with E-state index in [1.54, 1.807) is 0 Å². The van der Waals surface area contributed by atoms with E-state index < -0.39 is 11.7 Å². The molecule has 0 bridgehead atoms. The fraction of sp³-hybridized carbons (Fsp3) is 0.462. The molecular formula is C13H15BrF3NO. The van der Waals surface area contributed by atoms with Crippen molar-refractivity contribution >= 4 is 21.8 Å². The number of hydrogen-bond donors (Lipinski definition) is 1. The Morgan fingerprint density at radius 2 is 2.00 bits per heavy atom. The van der Waals surface area contributed by atoms with Gasteiger partial charge in [0.15, 0.2) is 0 Å². The molecule has 0 aliphatic carbocycles. The normalized spacial score (nSPS) is 11.7. The predicted octanol–water partition coefficient (Wildman–Crippen LogP) is 3.93. The molecule has 1 N–H and O–H groups in total. The summed E-state index contributed by atoms with van der Waals surface area (Å²) in [5, 5.41) is 2.73. The summed E-state index contributed by atoms with van der Waals surface area (Å²) in [5.74, 6) is -0.109. The molecule has 0 unspecified atom stereocenters. The van der Waals surface area contributed by atoms with E-state index in [2.05, 4.69) is 21.2 Å². The number of rotatable bonds is 4. The van der Waals surface area contributed by atoms with Crippen molar-refractivity contribution in [3.05, 3.63) is 33.8 Å². The lowest BCUT2D eigenvalue weighted by molar-refractivity contribution is -0.137. The first-order valence-corrected chi connectivity index (χ1v) is 6.64. The van der Waals surface area contributed by atoms with E-state index in [0.717, 1.165) is 12.1 Å². The number of amides is 1. The van der Waals surface area contributed by atoms with Gasteiger partial charge >= 0.3 is 6.18 Å². The first kappa shape index (κ1) is 16.0. The van der Waals surface area contributed by atoms with Crippen molar-refractivity contribution in [2.45, 2.75) is 38.9 Å². The third-order valence-electron chi connectivity index (χ3n) is 2.45. The molecule has 0 atom stereocenters. The number of hydrogen-bond acceptors (Lipinski definition) is 1. The first-order valence-electron chi connectivity index (χ1n) is 5.85. The molecule has 0 saturated carbocycles. The van der Waals surface area contributed by atoms with Crippen molar-refractivity contribution in [1.82, 2.24) is 5.32 Å². The topological polar surface area (TPSA) is 29.1 Å². The SMILES string of the molecule is CC(C)NC(=O)CCc1ccc(C(F)(F)F)cc1Br. The number of carbonyl (C=O) groups excluding carboxylic acids is 1. The van der Waals surface area contributed by atoms with E-state index in [-0.39, 0.29) is 18.4 Å². The summed E-state index contributed by atoms with van der Waals surface area (Å²) in [4.78, 5) is 11.5. The zero-order chi connectivity index (χ0) is 14.6. The van der Waals surface area contributed by atoms with Gasteiger partial charge in [-0.1, -0.05) is 22.0 Å². The van der Waals surface area contributed by atoms with Gasteiger partial charge in [0, 0.05) is 16.9 Å². The Morgan fingerprint density at radius 3 is 2.47 bits per heavy atom. The molecule has 0 heterocycles. The minimum absolute atomic E-state index is 0.0588. The van der Waals surface area contributed by atoms with Crippen LogP contribution < -0.4 is 5.32 Å². The van der Waals surface area contributed by atoms with E-state index in [9.17, 15) is 18.0 Å². The zero-order valence-corrected chi connectivity index (χ0v) is 12.2. The molecule has 0 aliphatic rings. The van der Waals surface area contributed by atoms with Gasteiger partial charge in [-0.3, -0.25) is 4.79 Å². The maximum Gasteiger partial charge on any atom is 0.416 e. The highest BCUT2D eigenvalue weighted by Crippen LogP contribution is 2.32. The second-order valence-corrected chi connectivity index (χ2v) is 5.38. The van der Waals surface area contributed by atoms with Crippen LogP contribution in [0.3, 0.4) is 0 Å². The number of carbonyl (C=O) groups is 1. The molecule has 0 spiro atoms. The molecule has 1 aromatic carbocycles. The Hall–Kier alpha value is -1.04. The van der Waals surface area contributed by atoms with E-state index in [4.69, 9.17) is 0 Å². The molecule has 0 aromatic heterocycles. The van der Waals surface area contributed by atoms with Crippen LogP contribution in [0.1, 0.15) is 31.4 Å². The minimum atomic E-state index is -4.35. The number of aryl methyl sites for hydroxylation is 1. The monoisotopic (exact) mass is 337 g/mol. The van der Waals surface area contributed by atoms with Crippen LogP contribution in [0.5, 0.6) is 0 Å². The van der Waals surface area contributed by atoms with Gasteiger partial charge < -0.3 is 5.32 Å². The van der Waals surface area contributed by atoms with Crippen LogP contribution in [0, 0.1) is 0 Å². The molecule has 1 rings (SSSR count). The van der Waals surface area contributed by atoms with Gasteiger partial charge in [0.1, 0.15) is 0 Å². The minimum Gasteiger partial charge on any atom is -0.354 e. The highest BCUT2D eigenvalue weighted by atomic mass is 79.9. The molecule has 0 aliphatic heterocycles. The Bertz CT molecular complexity index is 458. The highest BCUT2D eigenvalue weighted by molar-refractivity contribution is 9.10. The van der Waals surface area contributed by atoms with Gasteiger partial charge in [0.25, 0.3) is 0 Å². The van der Waals surface area contributed by atoms with Crippen LogP contribution in [0.4, 0.5) is 13.2 Å². The molecule has 2 nitrogen and oxygen atoms in total. The molecule has 0 fully saturated rings. The van der Waals surface area contributed by atoms with Gasteiger partial charge in [0.2, 0.25) is 5.91 Å². The fourth-order valence-electron chi connectivity index (χ4n) is 1.57. The molecule has 0 saturated heterocycles. The van der Waals surface area contributed by atoms with E-state index in [1.165, 1.54) is 6.07 Å². The predicted molar refractivity (Wildman–Crippen MR) is 70.7 cm³/mol. The van der Waals surface area contributed by atoms with Crippen LogP contribution in [0.2, 0.25) is 0 Å². The van der Waals surface area contributed by atoms with Crippen LogP contribution >= 0.6 is 15.9 Å². The Morgan fingerprint density at radius 1 is 1.37 bits per heavy atom. The summed E-state index contributed by atoms with van der Waals surface area (Å²) in [7, 11) is 0. The van der Waals surface area contributed by atoms with E-state index >= 15 is 0 Å². The summed E-state index contributed by atoms with van der Waals surface area (Å²) in [6.07, 6.45) is -3.70. The fourth-order valence-corrected chi connectivity index (χ4v) is 2.15. The van der Waals surface area contributed by atoms with Crippen molar-refractivity contribution in [1.29, 1.82) is 0 Å². The molecule has 0 radical (unpaired) electrons. The number of alkyl halides is 3. The molecule has 1 aromatic rings. The lowest BCUT2D eigenvalue weighted by Gasteiger charge is -2.11. The van der Waals surface area contributed by atoms with Crippen LogP contribution in [-0.4, -0.2) is 11.9 Å². The number of halogens is 4. The largest absolute Gasteiger partial charge is 0.416 e. The van der Waals surface area contributed by atoms with Gasteiger partial charge in [-0.05, 0) is 38.0 Å². The van der Waals surface area contributed by atoms with Crippen molar-refractivity contribution < 1.29 is 18.0 Å². The van der Waals surface area contributed by atoms with Gasteiger partial charge in [-0.2, -0.15) is 13.2 Å². The van der Waals surface area contributed by atoms with Crippen LogP contribution in [0.25, 0.3) is 0 Å². The number of benzene rings is 1. The second kappa shape index (κ2) is 6.41. The van der Waals surface area contributed by atoms with Crippen molar-refractivity contribution in [2.24, 2.45) is 0 Å². The summed E-state index contributed by atoms with van der Waals surface area (Å²) in [6, 6.07) is 3.52. The van der Waals surface area contributed by atoms with E-state index in [0.29, 0.717) is 16.5 Å². The quantitative estimate of drug-likeness (QED) is 0.886. The van der Waals surface area contributed by atoms with Gasteiger partial charge in [-0.15, -0.1) is 0 Å². The van der Waals surface area contributed by atoms with Crippen molar-refractivity contribution in [3.63, 3.8) is 0 Å². The zero-order valence-electron chi connectivity index (χ0n) is 10.6. The molecule has 6 heteroatoms. The average Bonchev–Trinajstić information content (AvgIpc) is 2.25. The van der Waals surface area contributed by atoms with Crippen molar-refractivity contribution in [3.8, 4) is 0 Å². The smallest absolute Gasteiger partial charge is 0.354 e. The van der Waals surface area contributed by atoms with Gasteiger partial charge in [-0.25, -0.2) is 0 Å². The molecule has 1 amide bonds. The average molecular weight is 338 g/mol. The standard InChI is InChI=1S/C13H15BrF3NO/c1-8(2)18-12(19)6-4-9-3-5-10(7-11(9)14)13(15,16)17/h3,5,7-8H,4,6H2,1-2H3,(H,18,19). The van der Waals surface area contributed by atoms with Crippen LogP contribution in [-0.2, 0) is 17.4 Å². The Balaban J connectivity index is 2.68. The summed E-state index contributed by atoms with van der Waals surface area (Å²) in [6.45, 7) is 3.71. The first-order chi connectivity index (χ1) is 8.70. The second-order valence-electron chi connectivity index (χ2n) is 4.53. The lowest BCUT2D eigenvalue weighted by atomic mass is 10.1. The number of nitrogens with one attached hydrogen (secondary N) is 1. The maximum atomic E-state index is 12.5. The highest BCUT2D eigenvalue weighted by Gasteiger charge is 2.30. The lowest BCUT2D eigenvalue weighted by Crippen LogP contribution is -2.30. The van der Waals surface area contributed by atoms with Gasteiger partial charge in [0.05, 0.1) is 5.56 Å². The molecular weight excluding hydrogens is 323 g/mol. The van der Waals surface area contributed by atoms with Crippen LogP contribution in [0.15, 0.2) is 22.7 Å². The third kappa shape index (κ3) is 5.22.